The fourth-order valence-corrected chi connectivity index (χ4v) is 2.57. The minimum Gasteiger partial charge on any atom is -0.497 e. The summed E-state index contributed by atoms with van der Waals surface area (Å²) < 4.78 is 9.83. The van der Waals surface area contributed by atoms with Gasteiger partial charge in [0, 0.05) is 19.0 Å². The van der Waals surface area contributed by atoms with Crippen molar-refractivity contribution >= 4 is 23.5 Å². The topological polar surface area (TPSA) is 76.2 Å². The maximum Gasteiger partial charge on any atom is 0.328 e. The molecule has 0 N–H and O–H groups in total. The van der Waals surface area contributed by atoms with Crippen molar-refractivity contribution in [2.24, 2.45) is 0 Å². The lowest BCUT2D eigenvalue weighted by Crippen LogP contribution is -2.47. The third kappa shape index (κ3) is 3.61. The van der Waals surface area contributed by atoms with Crippen molar-refractivity contribution in [1.29, 1.82) is 0 Å². The van der Waals surface area contributed by atoms with Crippen LogP contribution in [0.25, 0.3) is 0 Å². The normalized spacial score (nSPS) is 17.1. The standard InChI is InChI=1S/C16H20N2O5/c1-11(19)17(12-4-6-13(22-2)7-5-12)10-18-14(16(21)23-3)8-9-15(18)20/h4-7,14H,8-10H2,1-3H3. The van der Waals surface area contributed by atoms with E-state index in [0.29, 0.717) is 17.9 Å². The number of carbonyl (C=O) groups is 3. The smallest absolute Gasteiger partial charge is 0.328 e. The highest BCUT2D eigenvalue weighted by Gasteiger charge is 2.38. The number of methoxy groups -OCH3 is 2. The largest absolute Gasteiger partial charge is 0.497 e. The van der Waals surface area contributed by atoms with Gasteiger partial charge in [0.2, 0.25) is 11.8 Å². The van der Waals surface area contributed by atoms with Crippen LogP contribution in [0, 0.1) is 0 Å². The molecule has 0 spiro atoms. The van der Waals surface area contributed by atoms with Gasteiger partial charge < -0.3 is 14.4 Å². The zero-order valence-electron chi connectivity index (χ0n) is 13.4. The summed E-state index contributed by atoms with van der Waals surface area (Å²) in [5.41, 5.74) is 0.626. The van der Waals surface area contributed by atoms with Gasteiger partial charge in [-0.15, -0.1) is 0 Å². The number of anilines is 1. The molecule has 1 unspecified atom stereocenters. The van der Waals surface area contributed by atoms with Gasteiger partial charge in [0.15, 0.2) is 0 Å². The van der Waals surface area contributed by atoms with Crippen LogP contribution in [0.4, 0.5) is 5.69 Å². The second-order valence-corrected chi connectivity index (χ2v) is 5.23. The van der Waals surface area contributed by atoms with E-state index in [2.05, 4.69) is 0 Å². The Kier molecular flexibility index (Phi) is 5.20. The van der Waals surface area contributed by atoms with Crippen LogP contribution in [0.3, 0.4) is 0 Å². The molecule has 7 nitrogen and oxygen atoms in total. The minimum atomic E-state index is -0.646. The first-order valence-corrected chi connectivity index (χ1v) is 7.27. The van der Waals surface area contributed by atoms with Crippen LogP contribution in [0.2, 0.25) is 0 Å². The highest BCUT2D eigenvalue weighted by atomic mass is 16.5. The number of rotatable bonds is 5. The number of amides is 2. The van der Waals surface area contributed by atoms with E-state index in [9.17, 15) is 14.4 Å². The summed E-state index contributed by atoms with van der Waals surface area (Å²) in [5, 5.41) is 0. The van der Waals surface area contributed by atoms with E-state index in [4.69, 9.17) is 9.47 Å². The molecule has 1 aliphatic heterocycles. The SMILES string of the molecule is COC(=O)C1CCC(=O)N1CN(C(C)=O)c1ccc(OC)cc1. The van der Waals surface area contributed by atoms with Crippen LogP contribution < -0.4 is 9.64 Å². The Morgan fingerprint density at radius 1 is 1.26 bits per heavy atom. The Morgan fingerprint density at radius 3 is 2.43 bits per heavy atom. The number of benzene rings is 1. The highest BCUT2D eigenvalue weighted by molar-refractivity contribution is 5.93. The van der Waals surface area contributed by atoms with Gasteiger partial charge in [0.05, 0.1) is 14.2 Å². The molecule has 1 saturated heterocycles. The lowest BCUT2D eigenvalue weighted by atomic mass is 10.2. The fourth-order valence-electron chi connectivity index (χ4n) is 2.57. The van der Waals surface area contributed by atoms with Crippen LogP contribution in [-0.4, -0.2) is 49.6 Å². The Bertz CT molecular complexity index is 599. The second-order valence-electron chi connectivity index (χ2n) is 5.23. The number of esters is 1. The molecule has 0 aliphatic carbocycles. The number of ether oxygens (including phenoxy) is 2. The summed E-state index contributed by atoms with van der Waals surface area (Å²) in [6, 6.07) is 6.28. The molecular formula is C16H20N2O5. The third-order valence-electron chi connectivity index (χ3n) is 3.86. The molecule has 2 amide bonds. The molecule has 0 aromatic heterocycles. The molecule has 23 heavy (non-hydrogen) atoms. The Balaban J connectivity index is 2.22. The van der Waals surface area contributed by atoms with E-state index in [-0.39, 0.29) is 24.9 Å². The van der Waals surface area contributed by atoms with Gasteiger partial charge in [0.25, 0.3) is 0 Å². The maximum absolute atomic E-state index is 12.1. The van der Waals surface area contributed by atoms with Crippen molar-refractivity contribution in [3.05, 3.63) is 24.3 Å². The minimum absolute atomic E-state index is 0.0141. The molecule has 1 aliphatic rings. The molecule has 2 rings (SSSR count). The third-order valence-corrected chi connectivity index (χ3v) is 3.86. The zero-order chi connectivity index (χ0) is 17.0. The molecule has 124 valence electrons. The first kappa shape index (κ1) is 16.8. The van der Waals surface area contributed by atoms with Gasteiger partial charge in [-0.25, -0.2) is 4.79 Å². The zero-order valence-corrected chi connectivity index (χ0v) is 13.4. The Hall–Kier alpha value is -2.57. The van der Waals surface area contributed by atoms with E-state index in [0.717, 1.165) is 0 Å². The monoisotopic (exact) mass is 320 g/mol. The van der Waals surface area contributed by atoms with Crippen LogP contribution in [0.15, 0.2) is 24.3 Å². The average molecular weight is 320 g/mol. The van der Waals surface area contributed by atoms with Gasteiger partial charge in [-0.2, -0.15) is 0 Å². The van der Waals surface area contributed by atoms with Crippen molar-refractivity contribution in [1.82, 2.24) is 4.90 Å². The Morgan fingerprint density at radius 2 is 1.91 bits per heavy atom. The second kappa shape index (κ2) is 7.13. The van der Waals surface area contributed by atoms with Crippen molar-refractivity contribution in [2.45, 2.75) is 25.8 Å². The molecule has 1 atom stereocenters. The average Bonchev–Trinajstić information content (AvgIpc) is 2.92. The van der Waals surface area contributed by atoms with E-state index >= 15 is 0 Å². The number of nitrogens with zero attached hydrogens (tertiary/aromatic N) is 2. The molecule has 1 aromatic rings. The number of hydrogen-bond acceptors (Lipinski definition) is 5. The van der Waals surface area contributed by atoms with E-state index in [1.54, 1.807) is 31.4 Å². The van der Waals surface area contributed by atoms with Gasteiger partial charge in [0.1, 0.15) is 18.5 Å². The van der Waals surface area contributed by atoms with E-state index in [1.165, 1.54) is 23.8 Å². The van der Waals surface area contributed by atoms with Crippen LogP contribution >= 0.6 is 0 Å². The molecule has 1 aromatic carbocycles. The lowest BCUT2D eigenvalue weighted by Gasteiger charge is -2.30. The fraction of sp³-hybridized carbons (Fsp3) is 0.438. The van der Waals surface area contributed by atoms with Crippen molar-refractivity contribution in [2.75, 3.05) is 25.8 Å². The predicted octanol–water partition coefficient (Wildman–Crippen LogP) is 1.17. The number of hydrogen-bond donors (Lipinski definition) is 0. The summed E-state index contributed by atoms with van der Waals surface area (Å²) in [6.45, 7) is 1.43. The summed E-state index contributed by atoms with van der Waals surface area (Å²) in [7, 11) is 2.84. The van der Waals surface area contributed by atoms with Gasteiger partial charge in [-0.3, -0.25) is 14.5 Å². The van der Waals surface area contributed by atoms with Crippen molar-refractivity contribution in [3.8, 4) is 5.75 Å². The maximum atomic E-state index is 12.1. The Labute approximate surface area is 134 Å². The van der Waals surface area contributed by atoms with Crippen LogP contribution in [0.5, 0.6) is 5.75 Å². The predicted molar refractivity (Wildman–Crippen MR) is 82.9 cm³/mol. The van der Waals surface area contributed by atoms with Gasteiger partial charge >= 0.3 is 5.97 Å². The first-order chi connectivity index (χ1) is 11.0. The first-order valence-electron chi connectivity index (χ1n) is 7.27. The molecule has 0 saturated carbocycles. The van der Waals surface area contributed by atoms with Crippen molar-refractivity contribution < 1.29 is 23.9 Å². The molecular weight excluding hydrogens is 300 g/mol. The lowest BCUT2D eigenvalue weighted by molar-refractivity contribution is -0.149. The molecule has 7 heteroatoms. The summed E-state index contributed by atoms with van der Waals surface area (Å²) >= 11 is 0. The number of carbonyl (C=O) groups excluding carboxylic acids is 3. The molecule has 0 bridgehead atoms. The highest BCUT2D eigenvalue weighted by Crippen LogP contribution is 2.24. The summed E-state index contributed by atoms with van der Waals surface area (Å²) in [6.07, 6.45) is 0.675. The van der Waals surface area contributed by atoms with Gasteiger partial charge in [-0.05, 0) is 30.7 Å². The van der Waals surface area contributed by atoms with Crippen LogP contribution in [-0.2, 0) is 19.1 Å². The molecule has 1 heterocycles. The molecule has 1 fully saturated rings. The van der Waals surface area contributed by atoms with Crippen molar-refractivity contribution in [3.63, 3.8) is 0 Å². The summed E-state index contributed by atoms with van der Waals surface area (Å²) in [5.74, 6) is -0.185. The quantitative estimate of drug-likeness (QED) is 0.761. The van der Waals surface area contributed by atoms with Gasteiger partial charge in [-0.1, -0.05) is 0 Å². The van der Waals surface area contributed by atoms with E-state index in [1.807, 2.05) is 0 Å². The molecule has 0 radical (unpaired) electrons. The van der Waals surface area contributed by atoms with E-state index < -0.39 is 12.0 Å². The summed E-state index contributed by atoms with van der Waals surface area (Å²) in [4.78, 5) is 38.7. The van der Waals surface area contributed by atoms with Crippen LogP contribution in [0.1, 0.15) is 19.8 Å². The number of likely N-dealkylation sites (tertiary alicyclic amines) is 1.